The van der Waals surface area contributed by atoms with Gasteiger partial charge in [-0.15, -0.1) is 30.6 Å². The number of aliphatic imine (C=N–C) groups is 1. The van der Waals surface area contributed by atoms with Gasteiger partial charge in [0.1, 0.15) is 5.60 Å². The number of guanidine groups is 1. The maximum Gasteiger partial charge on any atom is 0.410 e. The Hall–Kier alpha value is -0.990. The van der Waals surface area contributed by atoms with Crippen molar-refractivity contribution in [1.82, 2.24) is 15.1 Å². The van der Waals surface area contributed by atoms with E-state index in [1.165, 1.54) is 0 Å². The van der Waals surface area contributed by atoms with Gasteiger partial charge in [0.25, 0.3) is 0 Å². The third-order valence-electron chi connectivity index (χ3n) is 4.13. The molecule has 7 heteroatoms. The molecule has 1 rings (SSSR count). The molecule has 6 nitrogen and oxygen atoms in total. The van der Waals surface area contributed by atoms with Gasteiger partial charge in [-0.2, -0.15) is 0 Å². The van der Waals surface area contributed by atoms with Gasteiger partial charge in [-0.1, -0.05) is 6.08 Å². The number of nitrogens with zero attached hydrogens (tertiary/aromatic N) is 3. The molecule has 0 bridgehead atoms. The molecule has 1 fully saturated rings. The van der Waals surface area contributed by atoms with Crippen LogP contribution in [-0.2, 0) is 4.74 Å². The molecule has 0 aromatic heterocycles. The van der Waals surface area contributed by atoms with Crippen LogP contribution in [0, 0.1) is 5.92 Å². The van der Waals surface area contributed by atoms with E-state index in [1.807, 2.05) is 38.7 Å². The first-order chi connectivity index (χ1) is 11.8. The second-order valence-electron chi connectivity index (χ2n) is 7.43. The molecule has 0 aromatic rings. The molecule has 0 unspecified atom stereocenters. The van der Waals surface area contributed by atoms with Crippen molar-refractivity contribution in [3.8, 4) is 0 Å². The van der Waals surface area contributed by atoms with E-state index in [1.54, 1.807) is 0 Å². The summed E-state index contributed by atoms with van der Waals surface area (Å²) in [6.07, 6.45) is 3.71. The number of piperidine rings is 1. The highest BCUT2D eigenvalue weighted by atomic mass is 127. The number of likely N-dealkylation sites (tertiary alicyclic amines) is 1. The summed E-state index contributed by atoms with van der Waals surface area (Å²) in [5.74, 6) is 1.46. The summed E-state index contributed by atoms with van der Waals surface area (Å²) in [7, 11) is 0. The fourth-order valence-electron chi connectivity index (χ4n) is 2.88. The smallest absolute Gasteiger partial charge is 0.410 e. The highest BCUT2D eigenvalue weighted by Crippen LogP contribution is 2.20. The molecule has 1 aliphatic rings. The van der Waals surface area contributed by atoms with Gasteiger partial charge < -0.3 is 19.9 Å². The third-order valence-corrected chi connectivity index (χ3v) is 4.13. The van der Waals surface area contributed by atoms with Crippen molar-refractivity contribution >= 4 is 36.0 Å². The van der Waals surface area contributed by atoms with Crippen LogP contribution in [0.3, 0.4) is 0 Å². The average molecular weight is 480 g/mol. The largest absolute Gasteiger partial charge is 0.444 e. The number of nitrogens with one attached hydrogen (secondary N) is 1. The van der Waals surface area contributed by atoms with Crippen LogP contribution in [0.4, 0.5) is 4.79 Å². The van der Waals surface area contributed by atoms with E-state index in [2.05, 4.69) is 28.7 Å². The number of ether oxygens (including phenoxy) is 1. The van der Waals surface area contributed by atoms with Gasteiger partial charge in [0, 0.05) is 32.7 Å². The first-order valence-electron chi connectivity index (χ1n) is 9.42. The van der Waals surface area contributed by atoms with Gasteiger partial charge >= 0.3 is 6.09 Å². The lowest BCUT2D eigenvalue weighted by Crippen LogP contribution is -2.47. The lowest BCUT2D eigenvalue weighted by atomic mass is 9.96. The van der Waals surface area contributed by atoms with Crippen LogP contribution in [0.1, 0.15) is 47.5 Å². The Morgan fingerprint density at radius 3 is 2.42 bits per heavy atom. The van der Waals surface area contributed by atoms with Crippen molar-refractivity contribution in [3.63, 3.8) is 0 Å². The fraction of sp³-hybridized carbons (Fsp3) is 0.789. The number of hydrogen-bond acceptors (Lipinski definition) is 3. The predicted molar refractivity (Wildman–Crippen MR) is 119 cm³/mol. The van der Waals surface area contributed by atoms with E-state index in [4.69, 9.17) is 4.74 Å². The van der Waals surface area contributed by atoms with Crippen LogP contribution in [0.15, 0.2) is 17.6 Å². The van der Waals surface area contributed by atoms with Crippen LogP contribution in [0.2, 0.25) is 0 Å². The number of carbonyl (C=O) groups is 1. The average Bonchev–Trinajstić information content (AvgIpc) is 2.55. The van der Waals surface area contributed by atoms with E-state index < -0.39 is 5.60 Å². The van der Waals surface area contributed by atoms with E-state index in [0.717, 1.165) is 45.0 Å². The minimum absolute atomic E-state index is 0. The molecule has 1 saturated heterocycles. The van der Waals surface area contributed by atoms with Gasteiger partial charge in [0.05, 0.1) is 6.54 Å². The Kier molecular flexibility index (Phi) is 11.9. The monoisotopic (exact) mass is 480 g/mol. The normalized spacial score (nSPS) is 15.9. The molecule has 0 atom stereocenters. The number of hydrogen-bond donors (Lipinski definition) is 1. The van der Waals surface area contributed by atoms with Gasteiger partial charge in [0.15, 0.2) is 5.96 Å². The van der Waals surface area contributed by atoms with Crippen LogP contribution < -0.4 is 5.32 Å². The van der Waals surface area contributed by atoms with Crippen molar-refractivity contribution in [3.05, 3.63) is 12.7 Å². The first-order valence-corrected chi connectivity index (χ1v) is 9.42. The molecule has 1 N–H and O–H groups in total. The van der Waals surface area contributed by atoms with Crippen LogP contribution in [0.5, 0.6) is 0 Å². The maximum absolute atomic E-state index is 12.3. The molecule has 0 aliphatic carbocycles. The lowest BCUT2D eigenvalue weighted by molar-refractivity contribution is 0.0214. The molecule has 0 spiro atoms. The minimum Gasteiger partial charge on any atom is -0.444 e. The number of amides is 1. The summed E-state index contributed by atoms with van der Waals surface area (Å²) in [5, 5.41) is 3.34. The number of rotatable bonds is 6. The number of halogens is 1. The Balaban J connectivity index is 0.00000625. The molecule has 152 valence electrons. The van der Waals surface area contributed by atoms with Crippen molar-refractivity contribution in [2.24, 2.45) is 10.9 Å². The van der Waals surface area contributed by atoms with E-state index in [9.17, 15) is 4.79 Å². The highest BCUT2D eigenvalue weighted by molar-refractivity contribution is 14.0. The zero-order valence-corrected chi connectivity index (χ0v) is 19.4. The fourth-order valence-corrected chi connectivity index (χ4v) is 2.88. The molecule has 0 saturated carbocycles. The molecule has 0 radical (unpaired) electrons. The van der Waals surface area contributed by atoms with Gasteiger partial charge in [-0.05, 0) is 53.4 Å². The summed E-state index contributed by atoms with van der Waals surface area (Å²) in [5.41, 5.74) is -0.448. The summed E-state index contributed by atoms with van der Waals surface area (Å²) in [6, 6.07) is 0. The SMILES string of the molecule is C=CCN=C(NCC)N1CCC(CN(CC)C(=O)OC(C)(C)C)CC1.I. The summed E-state index contributed by atoms with van der Waals surface area (Å²) < 4.78 is 5.51. The molecule has 1 heterocycles. The second kappa shape index (κ2) is 12.4. The Labute approximate surface area is 176 Å². The van der Waals surface area contributed by atoms with Crippen molar-refractivity contribution in [1.29, 1.82) is 0 Å². The molecule has 1 aliphatic heterocycles. The summed E-state index contributed by atoms with van der Waals surface area (Å²) in [4.78, 5) is 21.0. The standard InChI is InChI=1S/C19H36N4O2.HI/c1-7-12-21-17(20-8-2)23-13-10-16(11-14-23)15-22(9-3)18(24)25-19(4,5)6;/h7,16H,1,8-15H2,2-6H3,(H,20,21);1H. The van der Waals surface area contributed by atoms with E-state index in [0.29, 0.717) is 19.0 Å². The van der Waals surface area contributed by atoms with Gasteiger partial charge in [-0.25, -0.2) is 9.79 Å². The Morgan fingerprint density at radius 1 is 1.35 bits per heavy atom. The zero-order valence-electron chi connectivity index (χ0n) is 17.1. The molecule has 1 amide bonds. The lowest BCUT2D eigenvalue weighted by Gasteiger charge is -2.36. The van der Waals surface area contributed by atoms with E-state index in [-0.39, 0.29) is 30.1 Å². The van der Waals surface area contributed by atoms with Gasteiger partial charge in [0.2, 0.25) is 0 Å². The van der Waals surface area contributed by atoms with Crippen molar-refractivity contribution in [2.75, 3.05) is 39.3 Å². The molecule has 26 heavy (non-hydrogen) atoms. The van der Waals surface area contributed by atoms with Crippen LogP contribution >= 0.6 is 24.0 Å². The maximum atomic E-state index is 12.3. The second-order valence-corrected chi connectivity index (χ2v) is 7.43. The Bertz CT molecular complexity index is 455. The third kappa shape index (κ3) is 9.09. The quantitative estimate of drug-likeness (QED) is 0.273. The highest BCUT2D eigenvalue weighted by Gasteiger charge is 2.27. The number of carbonyl (C=O) groups excluding carboxylic acids is 1. The first kappa shape index (κ1) is 25.0. The van der Waals surface area contributed by atoms with Crippen molar-refractivity contribution < 1.29 is 9.53 Å². The summed E-state index contributed by atoms with van der Waals surface area (Å²) >= 11 is 0. The van der Waals surface area contributed by atoms with Gasteiger partial charge in [-0.3, -0.25) is 0 Å². The van der Waals surface area contributed by atoms with Crippen LogP contribution in [0.25, 0.3) is 0 Å². The minimum atomic E-state index is -0.448. The topological polar surface area (TPSA) is 57.2 Å². The molecular formula is C19H37IN4O2. The van der Waals surface area contributed by atoms with Crippen LogP contribution in [-0.4, -0.2) is 66.7 Å². The Morgan fingerprint density at radius 2 is 1.96 bits per heavy atom. The predicted octanol–water partition coefficient (Wildman–Crippen LogP) is 3.72. The molecular weight excluding hydrogens is 443 g/mol. The van der Waals surface area contributed by atoms with Crippen molar-refractivity contribution in [2.45, 2.75) is 53.1 Å². The van der Waals surface area contributed by atoms with E-state index >= 15 is 0 Å². The summed E-state index contributed by atoms with van der Waals surface area (Å²) in [6.45, 7) is 18.4. The zero-order chi connectivity index (χ0) is 18.9. The molecule has 0 aromatic carbocycles.